The van der Waals surface area contributed by atoms with E-state index in [0.717, 1.165) is 0 Å². The van der Waals surface area contributed by atoms with Gasteiger partial charge in [-0.15, -0.1) is 0 Å². The van der Waals surface area contributed by atoms with Crippen molar-refractivity contribution in [1.82, 2.24) is 10.6 Å². The van der Waals surface area contributed by atoms with Crippen LogP contribution >= 0.6 is 0 Å². The number of amides is 2. The zero-order chi connectivity index (χ0) is 17.7. The molecule has 0 aromatic heterocycles. The molecule has 2 N–H and O–H groups in total. The van der Waals surface area contributed by atoms with E-state index in [0.29, 0.717) is 0 Å². The molecule has 3 saturated heterocycles. The predicted molar refractivity (Wildman–Crippen MR) is 79.6 cm³/mol. The molecule has 5 atom stereocenters. The van der Waals surface area contributed by atoms with E-state index in [4.69, 9.17) is 23.7 Å². The maximum Gasteiger partial charge on any atom is 0.252 e. The highest BCUT2D eigenvalue weighted by Crippen LogP contribution is 2.44. The van der Waals surface area contributed by atoms with Gasteiger partial charge in [-0.05, 0) is 27.7 Å². The first kappa shape index (κ1) is 17.6. The van der Waals surface area contributed by atoms with Crippen LogP contribution in [-0.2, 0) is 33.3 Å². The second kappa shape index (κ2) is 5.92. The van der Waals surface area contributed by atoms with Gasteiger partial charge >= 0.3 is 0 Å². The highest BCUT2D eigenvalue weighted by atomic mass is 16.9. The quantitative estimate of drug-likeness (QED) is 0.694. The maximum absolute atomic E-state index is 12.5. The maximum atomic E-state index is 12.5. The number of rotatable bonds is 3. The molecule has 0 aromatic carbocycles. The molecule has 0 spiro atoms. The monoisotopic (exact) mass is 344 g/mol. The molecule has 0 aliphatic carbocycles. The number of carbonyl (C=O) groups is 2. The van der Waals surface area contributed by atoms with Crippen molar-refractivity contribution in [2.45, 2.75) is 70.0 Å². The van der Waals surface area contributed by atoms with Gasteiger partial charge in [0.25, 0.3) is 5.91 Å². The Morgan fingerprint density at radius 1 is 0.917 bits per heavy atom. The molecule has 3 heterocycles. The largest absolute Gasteiger partial charge is 0.358 e. The van der Waals surface area contributed by atoms with Crippen LogP contribution < -0.4 is 10.6 Å². The summed E-state index contributed by atoms with van der Waals surface area (Å²) in [5.41, 5.74) is 0. The van der Waals surface area contributed by atoms with Crippen molar-refractivity contribution in [3.8, 4) is 0 Å². The Hall–Kier alpha value is -1.26. The van der Waals surface area contributed by atoms with Crippen LogP contribution in [0.4, 0.5) is 0 Å². The fraction of sp³-hybridized carbons (Fsp3) is 0.867. The van der Waals surface area contributed by atoms with Gasteiger partial charge in [-0.25, -0.2) is 0 Å². The summed E-state index contributed by atoms with van der Waals surface area (Å²) in [4.78, 5) is 23.8. The van der Waals surface area contributed by atoms with E-state index in [-0.39, 0.29) is 12.5 Å². The SMILES string of the molecule is CNC(=O)CNC(=O)[C@@H]1O[C@H]2OC(C)(C)O[C@@H]2[C@@H]2OC(C)(C)O[C@@H]21. The average molecular weight is 344 g/mol. The Labute approximate surface area is 140 Å². The first-order chi connectivity index (χ1) is 11.1. The number of ether oxygens (including phenoxy) is 5. The molecule has 3 aliphatic rings. The third-order valence-electron chi connectivity index (χ3n) is 4.12. The highest BCUT2D eigenvalue weighted by molar-refractivity contribution is 5.87. The third kappa shape index (κ3) is 3.27. The minimum Gasteiger partial charge on any atom is -0.358 e. The lowest BCUT2D eigenvalue weighted by molar-refractivity contribution is -0.231. The number of carbonyl (C=O) groups excluding carboxylic acids is 2. The van der Waals surface area contributed by atoms with Gasteiger partial charge < -0.3 is 34.3 Å². The van der Waals surface area contributed by atoms with Gasteiger partial charge in [0, 0.05) is 7.05 Å². The van der Waals surface area contributed by atoms with Crippen molar-refractivity contribution in [3.05, 3.63) is 0 Å². The van der Waals surface area contributed by atoms with Crippen molar-refractivity contribution in [2.75, 3.05) is 13.6 Å². The van der Waals surface area contributed by atoms with E-state index >= 15 is 0 Å². The summed E-state index contributed by atoms with van der Waals surface area (Å²) < 4.78 is 29.1. The third-order valence-corrected chi connectivity index (χ3v) is 4.12. The summed E-state index contributed by atoms with van der Waals surface area (Å²) >= 11 is 0. The number of hydrogen-bond acceptors (Lipinski definition) is 7. The van der Waals surface area contributed by atoms with Crippen LogP contribution in [0.1, 0.15) is 27.7 Å². The van der Waals surface area contributed by atoms with E-state index in [1.807, 2.05) is 0 Å². The molecule has 0 aromatic rings. The van der Waals surface area contributed by atoms with Crippen LogP contribution in [0.3, 0.4) is 0 Å². The van der Waals surface area contributed by atoms with E-state index in [1.165, 1.54) is 7.05 Å². The number of fused-ring (bicyclic) bond motifs is 3. The number of likely N-dealkylation sites (N-methyl/N-ethyl adjacent to an activating group) is 1. The lowest BCUT2D eigenvalue weighted by Crippen LogP contribution is -2.60. The molecule has 0 bridgehead atoms. The first-order valence-electron chi connectivity index (χ1n) is 7.97. The number of hydrogen-bond donors (Lipinski definition) is 2. The van der Waals surface area contributed by atoms with Gasteiger partial charge in [0.05, 0.1) is 6.54 Å². The molecule has 9 nitrogen and oxygen atoms in total. The van der Waals surface area contributed by atoms with E-state index < -0.39 is 48.2 Å². The van der Waals surface area contributed by atoms with Crippen molar-refractivity contribution in [2.24, 2.45) is 0 Å². The van der Waals surface area contributed by atoms with Gasteiger partial charge in [-0.2, -0.15) is 0 Å². The first-order valence-corrected chi connectivity index (χ1v) is 7.97. The molecule has 136 valence electrons. The molecule has 3 aliphatic heterocycles. The second-order valence-electron chi connectivity index (χ2n) is 6.98. The summed E-state index contributed by atoms with van der Waals surface area (Å²) in [7, 11) is 1.49. The molecule has 3 fully saturated rings. The van der Waals surface area contributed by atoms with Crippen molar-refractivity contribution in [1.29, 1.82) is 0 Å². The topological polar surface area (TPSA) is 104 Å². The van der Waals surface area contributed by atoms with Crippen molar-refractivity contribution < 1.29 is 33.3 Å². The van der Waals surface area contributed by atoms with Crippen LogP contribution in [-0.4, -0.2) is 67.7 Å². The van der Waals surface area contributed by atoms with E-state index in [9.17, 15) is 9.59 Å². The summed E-state index contributed by atoms with van der Waals surface area (Å²) in [5, 5.41) is 4.97. The molecule has 0 unspecified atom stereocenters. The fourth-order valence-corrected chi connectivity index (χ4v) is 3.18. The van der Waals surface area contributed by atoms with Crippen LogP contribution in [0.2, 0.25) is 0 Å². The zero-order valence-electron chi connectivity index (χ0n) is 14.5. The summed E-state index contributed by atoms with van der Waals surface area (Å²) in [5.74, 6) is -2.48. The van der Waals surface area contributed by atoms with Gasteiger partial charge in [0.1, 0.15) is 18.3 Å². The smallest absolute Gasteiger partial charge is 0.252 e. The minimum atomic E-state index is -0.958. The van der Waals surface area contributed by atoms with Crippen LogP contribution in [0.5, 0.6) is 0 Å². The van der Waals surface area contributed by atoms with Crippen LogP contribution in [0, 0.1) is 0 Å². The molecule has 2 amide bonds. The van der Waals surface area contributed by atoms with Gasteiger partial charge in [-0.1, -0.05) is 0 Å². The lowest BCUT2D eigenvalue weighted by atomic mass is 9.98. The molecular formula is C15H24N2O7. The van der Waals surface area contributed by atoms with E-state index in [2.05, 4.69) is 10.6 Å². The van der Waals surface area contributed by atoms with Gasteiger partial charge in [0.15, 0.2) is 24.0 Å². The highest BCUT2D eigenvalue weighted by Gasteiger charge is 2.62. The molecule has 0 radical (unpaired) electrons. The Bertz CT molecular complexity index is 536. The second-order valence-corrected chi connectivity index (χ2v) is 6.98. The number of nitrogens with one attached hydrogen (secondary N) is 2. The molecule has 9 heteroatoms. The fourth-order valence-electron chi connectivity index (χ4n) is 3.18. The summed E-state index contributed by atoms with van der Waals surface area (Å²) in [6, 6.07) is 0. The van der Waals surface area contributed by atoms with Crippen molar-refractivity contribution >= 4 is 11.8 Å². The standard InChI is InChI=1S/C15H24N2O7/c1-14(2)21-8-9(22-14)11-13(24-15(3,4)23-11)20-10(8)12(19)17-6-7(18)16-5/h8-11,13H,6H2,1-5H3,(H,16,18)(H,17,19)/t8-,9+,10+,11+,13-/m0/s1. The Kier molecular flexibility index (Phi) is 4.33. The Balaban J connectivity index is 1.77. The molecule has 24 heavy (non-hydrogen) atoms. The van der Waals surface area contributed by atoms with Gasteiger partial charge in [-0.3, -0.25) is 9.59 Å². The normalized spacial score (nSPS) is 39.0. The van der Waals surface area contributed by atoms with Crippen LogP contribution in [0.25, 0.3) is 0 Å². The van der Waals surface area contributed by atoms with Gasteiger partial charge in [0.2, 0.25) is 5.91 Å². The van der Waals surface area contributed by atoms with Crippen molar-refractivity contribution in [3.63, 3.8) is 0 Å². The summed E-state index contributed by atoms with van der Waals surface area (Å²) in [6.07, 6.45) is -3.34. The summed E-state index contributed by atoms with van der Waals surface area (Å²) in [6.45, 7) is 6.92. The molecular weight excluding hydrogens is 320 g/mol. The Morgan fingerprint density at radius 2 is 1.50 bits per heavy atom. The molecule has 3 rings (SSSR count). The lowest BCUT2D eigenvalue weighted by Gasteiger charge is -2.36. The van der Waals surface area contributed by atoms with E-state index in [1.54, 1.807) is 27.7 Å². The van der Waals surface area contributed by atoms with Crippen LogP contribution in [0.15, 0.2) is 0 Å². The zero-order valence-corrected chi connectivity index (χ0v) is 14.5. The average Bonchev–Trinajstić information content (AvgIpc) is 2.97. The minimum absolute atomic E-state index is 0.145. The Morgan fingerprint density at radius 3 is 2.17 bits per heavy atom. The molecule has 0 saturated carbocycles. The predicted octanol–water partition coefficient (Wildman–Crippen LogP) is -0.755.